The number of para-hydroxylation sites is 1. The number of amides is 3. The number of benzene rings is 3. The lowest BCUT2D eigenvalue weighted by Gasteiger charge is -2.13. The molecule has 6 nitrogen and oxygen atoms in total. The Morgan fingerprint density at radius 1 is 0.914 bits per heavy atom. The van der Waals surface area contributed by atoms with Crippen LogP contribution in [0.3, 0.4) is 0 Å². The highest BCUT2D eigenvalue weighted by molar-refractivity contribution is 9.15. The first-order valence-corrected chi connectivity index (χ1v) is 14.9. The van der Waals surface area contributed by atoms with E-state index in [-0.39, 0.29) is 11.7 Å². The van der Waals surface area contributed by atoms with Gasteiger partial charge in [0.1, 0.15) is 0 Å². The maximum Gasteiger partial charge on any atom is 0.267 e. The Kier molecular flexibility index (Phi) is 7.21. The van der Waals surface area contributed by atoms with Gasteiger partial charge in [0.05, 0.1) is 32.8 Å². The summed E-state index contributed by atoms with van der Waals surface area (Å²) in [6.45, 7) is 0. The Balaban J connectivity index is 1.38. The SMILES string of the molecule is O=C(CSc1nc2ccc(N3C(=O)c4c(Br)c(Br)c(Br)c(Br)c4C3=O)cc2s1)Nc1ccccc1. The van der Waals surface area contributed by atoms with Gasteiger partial charge in [-0.05, 0) is 94.1 Å². The van der Waals surface area contributed by atoms with E-state index in [9.17, 15) is 14.4 Å². The first-order chi connectivity index (χ1) is 16.8. The fraction of sp³-hybridized carbons (Fsp3) is 0.0435. The molecule has 0 unspecified atom stereocenters. The summed E-state index contributed by atoms with van der Waals surface area (Å²) in [6.07, 6.45) is 0. The van der Waals surface area contributed by atoms with Gasteiger partial charge in [-0.25, -0.2) is 9.88 Å². The van der Waals surface area contributed by atoms with Crippen LogP contribution in [-0.4, -0.2) is 28.5 Å². The lowest BCUT2D eigenvalue weighted by atomic mass is 10.1. The second kappa shape index (κ2) is 10.1. The van der Waals surface area contributed by atoms with Crippen molar-refractivity contribution in [2.24, 2.45) is 0 Å². The highest BCUT2D eigenvalue weighted by Gasteiger charge is 2.42. The predicted molar refractivity (Wildman–Crippen MR) is 154 cm³/mol. The Morgan fingerprint density at radius 3 is 2.17 bits per heavy atom. The van der Waals surface area contributed by atoms with Crippen LogP contribution in [0.2, 0.25) is 0 Å². The number of rotatable bonds is 5. The summed E-state index contributed by atoms with van der Waals surface area (Å²) < 4.78 is 3.83. The lowest BCUT2D eigenvalue weighted by Crippen LogP contribution is -2.29. The standard InChI is InChI=1S/C23H11Br4N3O3S2/c24-17-15-16(18(25)20(27)19(17)26)22(33)30(21(15)32)11-6-7-12-13(8-11)35-23(29-12)34-9-14(31)28-10-4-2-1-3-5-10/h1-8H,9H2,(H,28,31). The summed E-state index contributed by atoms with van der Waals surface area (Å²) in [7, 11) is 0. The van der Waals surface area contributed by atoms with E-state index in [0.717, 1.165) is 20.2 Å². The van der Waals surface area contributed by atoms with Gasteiger partial charge >= 0.3 is 0 Å². The van der Waals surface area contributed by atoms with Crippen molar-refractivity contribution >= 4 is 126 Å². The molecule has 1 N–H and O–H groups in total. The summed E-state index contributed by atoms with van der Waals surface area (Å²) >= 11 is 16.5. The third-order valence-corrected chi connectivity index (χ3v) is 12.0. The smallest absolute Gasteiger partial charge is 0.267 e. The van der Waals surface area contributed by atoms with E-state index >= 15 is 0 Å². The van der Waals surface area contributed by atoms with Gasteiger partial charge in [-0.15, -0.1) is 11.3 Å². The monoisotopic (exact) mass is 757 g/mol. The molecule has 5 rings (SSSR count). The zero-order valence-electron chi connectivity index (χ0n) is 17.3. The number of nitrogens with zero attached hydrogens (tertiary/aromatic N) is 2. The van der Waals surface area contributed by atoms with Crippen molar-refractivity contribution in [3.8, 4) is 0 Å². The number of anilines is 2. The van der Waals surface area contributed by atoms with Crippen LogP contribution >= 0.6 is 86.8 Å². The molecule has 3 amide bonds. The summed E-state index contributed by atoms with van der Waals surface area (Å²) in [4.78, 5) is 44.5. The minimum Gasteiger partial charge on any atom is -0.325 e. The number of carbonyl (C=O) groups is 3. The van der Waals surface area contributed by atoms with Crippen molar-refractivity contribution < 1.29 is 14.4 Å². The number of imide groups is 1. The number of hydrogen-bond acceptors (Lipinski definition) is 6. The number of fused-ring (bicyclic) bond motifs is 2. The first kappa shape index (κ1) is 25.1. The summed E-state index contributed by atoms with van der Waals surface area (Å²) in [6, 6.07) is 14.5. The minimum atomic E-state index is -0.415. The molecule has 3 aromatic carbocycles. The van der Waals surface area contributed by atoms with Crippen LogP contribution < -0.4 is 10.2 Å². The molecule has 176 valence electrons. The van der Waals surface area contributed by atoms with E-state index in [0.29, 0.717) is 34.7 Å². The molecule has 0 aliphatic carbocycles. The maximum atomic E-state index is 13.3. The fourth-order valence-corrected chi connectivity index (χ4v) is 7.88. The van der Waals surface area contributed by atoms with E-state index in [1.807, 2.05) is 30.3 Å². The molecule has 35 heavy (non-hydrogen) atoms. The van der Waals surface area contributed by atoms with Gasteiger partial charge in [-0.1, -0.05) is 30.0 Å². The summed E-state index contributed by atoms with van der Waals surface area (Å²) in [5.41, 5.74) is 2.51. The van der Waals surface area contributed by atoms with Crippen LogP contribution in [0.1, 0.15) is 20.7 Å². The zero-order chi connectivity index (χ0) is 24.9. The second-order valence-corrected chi connectivity index (χ2v) is 12.7. The van der Waals surface area contributed by atoms with Crippen LogP contribution in [0.25, 0.3) is 10.2 Å². The van der Waals surface area contributed by atoms with E-state index in [1.54, 1.807) is 18.2 Å². The topological polar surface area (TPSA) is 79.4 Å². The Bertz CT molecular complexity index is 1500. The number of thiazole rings is 1. The summed E-state index contributed by atoms with van der Waals surface area (Å²) in [5, 5.41) is 2.85. The molecule has 2 heterocycles. The second-order valence-electron chi connectivity index (χ2n) is 7.29. The van der Waals surface area contributed by atoms with Crippen molar-refractivity contribution in [2.45, 2.75) is 4.34 Å². The Morgan fingerprint density at radius 2 is 1.54 bits per heavy atom. The van der Waals surface area contributed by atoms with Gasteiger partial charge in [-0.2, -0.15) is 0 Å². The molecule has 0 saturated heterocycles. The Labute approximate surface area is 241 Å². The average molecular weight is 761 g/mol. The lowest BCUT2D eigenvalue weighted by molar-refractivity contribution is -0.113. The van der Waals surface area contributed by atoms with Crippen molar-refractivity contribution in [3.63, 3.8) is 0 Å². The Hall–Kier alpha value is -1.57. The zero-order valence-corrected chi connectivity index (χ0v) is 25.3. The third kappa shape index (κ3) is 4.64. The molecule has 0 atom stereocenters. The molecule has 0 spiro atoms. The first-order valence-electron chi connectivity index (χ1n) is 9.89. The number of thioether (sulfide) groups is 1. The average Bonchev–Trinajstić information content (AvgIpc) is 3.37. The number of halogens is 4. The van der Waals surface area contributed by atoms with Crippen molar-refractivity contribution in [1.82, 2.24) is 4.98 Å². The van der Waals surface area contributed by atoms with Gasteiger partial charge in [0, 0.05) is 23.6 Å². The molecule has 12 heteroatoms. The van der Waals surface area contributed by atoms with E-state index in [2.05, 4.69) is 74.0 Å². The number of nitrogens with one attached hydrogen (secondary N) is 1. The van der Waals surface area contributed by atoms with Crippen molar-refractivity contribution in [1.29, 1.82) is 0 Å². The van der Waals surface area contributed by atoms with E-state index < -0.39 is 11.8 Å². The largest absolute Gasteiger partial charge is 0.325 e. The predicted octanol–water partition coefficient (Wildman–Crippen LogP) is 7.88. The number of aromatic nitrogens is 1. The molecule has 0 fully saturated rings. The highest BCUT2D eigenvalue weighted by atomic mass is 79.9. The summed E-state index contributed by atoms with van der Waals surface area (Å²) in [5.74, 6) is -0.740. The van der Waals surface area contributed by atoms with Gasteiger partial charge in [0.25, 0.3) is 11.8 Å². The molecule has 4 aromatic rings. The van der Waals surface area contributed by atoms with Crippen molar-refractivity contribution in [3.05, 3.63) is 77.5 Å². The van der Waals surface area contributed by atoms with Gasteiger partial charge in [0.15, 0.2) is 4.34 Å². The number of hydrogen-bond donors (Lipinski definition) is 1. The van der Waals surface area contributed by atoms with Crippen LogP contribution in [-0.2, 0) is 4.79 Å². The molecule has 0 bridgehead atoms. The van der Waals surface area contributed by atoms with Crippen LogP contribution in [0.5, 0.6) is 0 Å². The third-order valence-electron chi connectivity index (χ3n) is 5.10. The fourth-order valence-electron chi connectivity index (χ4n) is 3.52. The minimum absolute atomic E-state index is 0.124. The normalized spacial score (nSPS) is 13.0. The number of carbonyl (C=O) groups excluding carboxylic acids is 3. The quantitative estimate of drug-likeness (QED) is 0.0970. The molecule has 1 aliphatic heterocycles. The maximum absolute atomic E-state index is 13.3. The van der Waals surface area contributed by atoms with Gasteiger partial charge in [-0.3, -0.25) is 14.4 Å². The molecule has 1 aromatic heterocycles. The molecule has 1 aliphatic rings. The molecular formula is C23H11Br4N3O3S2. The molecule has 0 saturated carbocycles. The van der Waals surface area contributed by atoms with Crippen molar-refractivity contribution in [2.75, 3.05) is 16.0 Å². The van der Waals surface area contributed by atoms with Gasteiger partial charge < -0.3 is 5.32 Å². The highest BCUT2D eigenvalue weighted by Crippen LogP contribution is 2.46. The van der Waals surface area contributed by atoms with E-state index in [4.69, 9.17) is 0 Å². The van der Waals surface area contributed by atoms with E-state index in [1.165, 1.54) is 28.0 Å². The van der Waals surface area contributed by atoms with Crippen LogP contribution in [0.15, 0.2) is 70.8 Å². The van der Waals surface area contributed by atoms with Crippen LogP contribution in [0, 0.1) is 0 Å². The van der Waals surface area contributed by atoms with Gasteiger partial charge in [0.2, 0.25) is 5.91 Å². The molecule has 0 radical (unpaired) electrons. The van der Waals surface area contributed by atoms with Crippen LogP contribution in [0.4, 0.5) is 11.4 Å². The molecular weight excluding hydrogens is 750 g/mol.